The molecule has 0 heterocycles. The Bertz CT molecular complexity index is 1420. The Balaban J connectivity index is 4.24. The number of unbranched alkanes of at least 4 members (excludes halogenated alkanes) is 28. The summed E-state index contributed by atoms with van der Waals surface area (Å²) in [4.78, 5) is 37.3. The summed E-state index contributed by atoms with van der Waals surface area (Å²) >= 11 is 0. The van der Waals surface area contributed by atoms with Gasteiger partial charge in [-0.25, -0.2) is 0 Å². The minimum absolute atomic E-state index is 0.144. The maximum Gasteiger partial charge on any atom is 0.306 e. The fraction of sp³-hybridized carbons (Fsp3) is 0.766. The Morgan fingerprint density at radius 2 is 0.781 bits per heavy atom. The number of ether oxygens (including phenoxy) is 4. The van der Waals surface area contributed by atoms with E-state index in [4.69, 9.17) is 18.9 Å². The second-order valence-electron chi connectivity index (χ2n) is 21.3. The minimum atomic E-state index is -1.63. The number of carboxylic acid groups (broad SMARTS) is 1. The quantitative estimate of drug-likeness (QED) is 0.0195. The Morgan fingerprint density at radius 1 is 0.425 bits per heavy atom. The van der Waals surface area contributed by atoms with Crippen molar-refractivity contribution < 1.29 is 42.9 Å². The van der Waals surface area contributed by atoms with Crippen LogP contribution in [0.2, 0.25) is 0 Å². The van der Waals surface area contributed by atoms with Crippen molar-refractivity contribution in [2.75, 3.05) is 47.5 Å². The van der Waals surface area contributed by atoms with Gasteiger partial charge in [0.25, 0.3) is 0 Å². The molecule has 422 valence electrons. The van der Waals surface area contributed by atoms with Crippen molar-refractivity contribution in [3.8, 4) is 0 Å². The molecule has 0 amide bonds. The summed E-state index contributed by atoms with van der Waals surface area (Å²) in [5, 5.41) is 11.8. The molecule has 0 rings (SSSR count). The van der Waals surface area contributed by atoms with E-state index in [2.05, 4.69) is 86.8 Å². The van der Waals surface area contributed by atoms with Crippen LogP contribution in [0.1, 0.15) is 258 Å². The van der Waals surface area contributed by atoms with Crippen LogP contribution in [0.4, 0.5) is 0 Å². The highest BCUT2D eigenvalue weighted by Crippen LogP contribution is 2.16. The van der Waals surface area contributed by atoms with E-state index in [1.165, 1.54) is 148 Å². The highest BCUT2D eigenvalue weighted by atomic mass is 16.7. The number of rotatable bonds is 55. The average molecular weight is 1020 g/mol. The molecule has 0 radical (unpaired) electrons. The van der Waals surface area contributed by atoms with Crippen molar-refractivity contribution in [3.05, 3.63) is 72.9 Å². The van der Waals surface area contributed by atoms with Crippen LogP contribution in [0.25, 0.3) is 0 Å². The number of hydrogen-bond donors (Lipinski definition) is 0. The monoisotopic (exact) mass is 1020 g/mol. The Kier molecular flexibility index (Phi) is 52.5. The van der Waals surface area contributed by atoms with Crippen LogP contribution >= 0.6 is 0 Å². The number of quaternary nitrogens is 1. The van der Waals surface area contributed by atoms with Crippen LogP contribution in [0.15, 0.2) is 72.9 Å². The van der Waals surface area contributed by atoms with Gasteiger partial charge in [0.2, 0.25) is 0 Å². The van der Waals surface area contributed by atoms with Crippen LogP contribution < -0.4 is 5.11 Å². The number of nitrogens with zero attached hydrogens (tertiary/aromatic N) is 1. The zero-order valence-corrected chi connectivity index (χ0v) is 48.0. The van der Waals surface area contributed by atoms with Gasteiger partial charge >= 0.3 is 11.9 Å². The van der Waals surface area contributed by atoms with E-state index in [1.807, 2.05) is 21.1 Å². The van der Waals surface area contributed by atoms with Gasteiger partial charge in [-0.05, 0) is 83.5 Å². The number of likely N-dealkylation sites (N-methyl/N-ethyl adjacent to an activating group) is 1. The van der Waals surface area contributed by atoms with Crippen LogP contribution in [-0.2, 0) is 33.3 Å². The number of aliphatic carboxylic acids is 1. The van der Waals surface area contributed by atoms with Crippen LogP contribution in [0.3, 0.4) is 0 Å². The lowest BCUT2D eigenvalue weighted by molar-refractivity contribution is -0.870. The van der Waals surface area contributed by atoms with E-state index in [-0.39, 0.29) is 38.6 Å². The highest BCUT2D eigenvalue weighted by Gasteiger charge is 2.22. The second-order valence-corrected chi connectivity index (χ2v) is 21.3. The topological polar surface area (TPSA) is 111 Å². The first-order valence-corrected chi connectivity index (χ1v) is 30.1. The van der Waals surface area contributed by atoms with Gasteiger partial charge in [-0.15, -0.1) is 0 Å². The van der Waals surface area contributed by atoms with Crippen molar-refractivity contribution in [2.24, 2.45) is 0 Å². The third-order valence-corrected chi connectivity index (χ3v) is 12.9. The minimum Gasteiger partial charge on any atom is -0.545 e. The number of hydrogen-bond acceptors (Lipinski definition) is 8. The average Bonchev–Trinajstić information content (AvgIpc) is 3.36. The molecule has 0 saturated carbocycles. The summed E-state index contributed by atoms with van der Waals surface area (Å²) in [6.45, 7) is 4.65. The number of allylic oxidation sites excluding steroid dienone is 12. The first kappa shape index (κ1) is 69.7. The van der Waals surface area contributed by atoms with E-state index in [0.29, 0.717) is 17.4 Å². The predicted octanol–water partition coefficient (Wildman–Crippen LogP) is 16.5. The molecule has 9 nitrogen and oxygen atoms in total. The molecule has 2 atom stereocenters. The van der Waals surface area contributed by atoms with E-state index in [1.54, 1.807) is 0 Å². The summed E-state index contributed by atoms with van der Waals surface area (Å²) in [6.07, 6.45) is 68.0. The number of esters is 2. The molecule has 0 spiro atoms. The third-order valence-electron chi connectivity index (χ3n) is 12.9. The molecule has 2 unspecified atom stereocenters. The van der Waals surface area contributed by atoms with Gasteiger partial charge < -0.3 is 33.3 Å². The van der Waals surface area contributed by atoms with E-state index >= 15 is 0 Å². The number of carbonyl (C=O) groups is 3. The molecule has 0 fully saturated rings. The zero-order chi connectivity index (χ0) is 53.4. The Labute approximate surface area is 449 Å². The van der Waals surface area contributed by atoms with Gasteiger partial charge in [-0.2, -0.15) is 0 Å². The molecule has 0 N–H and O–H groups in total. The van der Waals surface area contributed by atoms with Crippen LogP contribution in [0, 0.1) is 0 Å². The smallest absolute Gasteiger partial charge is 0.306 e. The zero-order valence-electron chi connectivity index (χ0n) is 48.0. The first-order chi connectivity index (χ1) is 35.6. The van der Waals surface area contributed by atoms with Crippen molar-refractivity contribution in [2.45, 2.75) is 270 Å². The molecule has 73 heavy (non-hydrogen) atoms. The lowest BCUT2D eigenvalue weighted by atomic mass is 10.0. The fourth-order valence-electron chi connectivity index (χ4n) is 8.32. The molecule has 9 heteroatoms. The van der Waals surface area contributed by atoms with Crippen LogP contribution in [-0.4, -0.2) is 82.3 Å². The van der Waals surface area contributed by atoms with E-state index < -0.39 is 24.3 Å². The maximum absolute atomic E-state index is 12.9. The van der Waals surface area contributed by atoms with Crippen molar-refractivity contribution in [1.29, 1.82) is 0 Å². The van der Waals surface area contributed by atoms with Gasteiger partial charge in [-0.1, -0.05) is 234 Å². The first-order valence-electron chi connectivity index (χ1n) is 30.1. The molecule has 0 aromatic heterocycles. The molecule has 0 aliphatic rings. The normalized spacial score (nSPS) is 13.3. The Hall–Kier alpha value is -3.27. The summed E-state index contributed by atoms with van der Waals surface area (Å²) in [6, 6.07) is 0. The van der Waals surface area contributed by atoms with Crippen molar-refractivity contribution >= 4 is 17.9 Å². The summed E-state index contributed by atoms with van der Waals surface area (Å²) < 4.78 is 22.7. The highest BCUT2D eigenvalue weighted by molar-refractivity contribution is 5.70. The fourth-order valence-corrected chi connectivity index (χ4v) is 8.32. The molecule has 0 saturated heterocycles. The maximum atomic E-state index is 12.9. The van der Waals surface area contributed by atoms with Gasteiger partial charge in [-0.3, -0.25) is 9.59 Å². The van der Waals surface area contributed by atoms with E-state index in [0.717, 1.165) is 77.0 Å². The van der Waals surface area contributed by atoms with Crippen molar-refractivity contribution in [1.82, 2.24) is 0 Å². The Morgan fingerprint density at radius 3 is 1.18 bits per heavy atom. The molecule has 0 bridgehead atoms. The largest absolute Gasteiger partial charge is 0.545 e. The molecule has 0 aromatic rings. The van der Waals surface area contributed by atoms with Crippen LogP contribution in [0.5, 0.6) is 0 Å². The predicted molar refractivity (Wildman–Crippen MR) is 306 cm³/mol. The molecule has 0 aliphatic carbocycles. The summed E-state index contributed by atoms with van der Waals surface area (Å²) in [5.41, 5.74) is 0. The summed E-state index contributed by atoms with van der Waals surface area (Å²) in [7, 11) is 5.92. The van der Waals surface area contributed by atoms with Gasteiger partial charge in [0.15, 0.2) is 12.4 Å². The molecular formula is C64H113NO8. The van der Waals surface area contributed by atoms with Gasteiger partial charge in [0, 0.05) is 12.8 Å². The van der Waals surface area contributed by atoms with E-state index in [9.17, 15) is 19.5 Å². The molecule has 0 aromatic carbocycles. The summed E-state index contributed by atoms with van der Waals surface area (Å²) in [5.74, 6) is -2.29. The number of carbonyl (C=O) groups excluding carboxylic acids is 3. The van der Waals surface area contributed by atoms with Gasteiger partial charge in [0.1, 0.15) is 13.2 Å². The van der Waals surface area contributed by atoms with Gasteiger partial charge in [0.05, 0.1) is 40.3 Å². The van der Waals surface area contributed by atoms with Crippen molar-refractivity contribution in [3.63, 3.8) is 0 Å². The lowest BCUT2D eigenvalue weighted by Gasteiger charge is -2.26. The molecule has 0 aliphatic heterocycles. The number of carboxylic acids is 1. The lowest BCUT2D eigenvalue weighted by Crippen LogP contribution is -2.44. The SMILES string of the molecule is CC/C=C\C/C=C\C/C=C\C/C=C\C/C=C\CCCCCCCCCCCC(=O)OC(COC(=O)CCCCCCCCCCCCC/C=C\CCCCCCCCCC)COC(OCC[N+](C)(C)C)C(=O)[O-]. The second kappa shape index (κ2) is 55.0. The third kappa shape index (κ3) is 56.3. The molecular weight excluding hydrogens is 911 g/mol. The standard InChI is InChI=1S/C64H113NO8/c1-6-8-10-12-14-16-18-20-22-24-26-28-30-31-33-35-37-39-41-43-45-47-49-51-53-55-62(67)73-60(59-72-64(63(68)69)70-57-56-65(3,4)5)58-71-61(66)54-52-50-48-46-44-42-40-38-36-34-32-29-27-25-23-21-19-17-15-13-11-9-7-2/h8,10,14,16,20,22,25-28,31,33,60,64H,6-7,9,11-13,15,17-19,21,23-24,29-30,32,34-59H2,1-5H3/b10-8-,16-14-,22-20-,27-25-,28-26-,33-31-.